The fraction of sp³-hybridized carbons (Fsp3) is 0.526. The fourth-order valence-corrected chi connectivity index (χ4v) is 3.53. The van der Waals surface area contributed by atoms with Crippen molar-refractivity contribution in [2.75, 3.05) is 18.0 Å². The standard InChI is InChI=1S/C19H23N7O/c1-11-8-25(10-17(27-11)14-6-21-26(9-14)15-4-5-15)19-20-7-16-18(24-19)23-13(3)12(2)22-16/h6-7,9,11,15,17H,4-5,8,10H2,1-3H3. The molecule has 0 N–H and O–H groups in total. The molecule has 1 saturated carbocycles. The number of aromatic nitrogens is 6. The normalized spacial score (nSPS) is 23.1. The Morgan fingerprint density at radius 3 is 2.67 bits per heavy atom. The van der Waals surface area contributed by atoms with E-state index in [0.29, 0.717) is 24.2 Å². The molecular formula is C19H23N7O. The summed E-state index contributed by atoms with van der Waals surface area (Å²) in [5.74, 6) is 0.676. The molecule has 2 atom stereocenters. The largest absolute Gasteiger partial charge is 0.367 e. The van der Waals surface area contributed by atoms with Gasteiger partial charge in [-0.1, -0.05) is 0 Å². The van der Waals surface area contributed by atoms with E-state index in [-0.39, 0.29) is 12.2 Å². The van der Waals surface area contributed by atoms with Gasteiger partial charge in [-0.25, -0.2) is 15.0 Å². The Hall–Kier alpha value is -2.61. The van der Waals surface area contributed by atoms with Crippen molar-refractivity contribution in [3.05, 3.63) is 35.5 Å². The maximum Gasteiger partial charge on any atom is 0.227 e. The van der Waals surface area contributed by atoms with E-state index < -0.39 is 0 Å². The predicted octanol–water partition coefficient (Wildman–Crippen LogP) is 2.53. The molecule has 1 saturated heterocycles. The summed E-state index contributed by atoms with van der Waals surface area (Å²) < 4.78 is 8.25. The molecule has 3 aromatic heterocycles. The van der Waals surface area contributed by atoms with Gasteiger partial charge in [-0.15, -0.1) is 0 Å². The average Bonchev–Trinajstić information content (AvgIpc) is 3.38. The highest BCUT2D eigenvalue weighted by molar-refractivity contribution is 5.70. The maximum absolute atomic E-state index is 6.18. The number of rotatable bonds is 3. The molecule has 27 heavy (non-hydrogen) atoms. The molecule has 0 spiro atoms. The summed E-state index contributed by atoms with van der Waals surface area (Å²) in [6.45, 7) is 7.43. The van der Waals surface area contributed by atoms with E-state index in [1.165, 1.54) is 12.8 Å². The van der Waals surface area contributed by atoms with E-state index in [1.54, 1.807) is 6.20 Å². The first-order valence-electron chi connectivity index (χ1n) is 9.49. The number of aryl methyl sites for hydroxylation is 2. The van der Waals surface area contributed by atoms with Crippen LogP contribution in [0.2, 0.25) is 0 Å². The first-order chi connectivity index (χ1) is 13.1. The van der Waals surface area contributed by atoms with Crippen molar-refractivity contribution in [2.45, 2.75) is 51.9 Å². The van der Waals surface area contributed by atoms with Gasteiger partial charge >= 0.3 is 0 Å². The van der Waals surface area contributed by atoms with Crippen LogP contribution in [0.25, 0.3) is 11.2 Å². The van der Waals surface area contributed by atoms with Crippen LogP contribution in [0.3, 0.4) is 0 Å². The van der Waals surface area contributed by atoms with E-state index in [4.69, 9.17) is 4.74 Å². The van der Waals surface area contributed by atoms with Gasteiger partial charge in [0.15, 0.2) is 5.65 Å². The number of anilines is 1. The van der Waals surface area contributed by atoms with Gasteiger partial charge in [0.25, 0.3) is 0 Å². The van der Waals surface area contributed by atoms with Gasteiger partial charge in [-0.05, 0) is 33.6 Å². The van der Waals surface area contributed by atoms with Gasteiger partial charge < -0.3 is 9.64 Å². The lowest BCUT2D eigenvalue weighted by molar-refractivity contribution is -0.0178. The van der Waals surface area contributed by atoms with Crippen molar-refractivity contribution in [2.24, 2.45) is 0 Å². The SMILES string of the molecule is Cc1nc2cnc(N3CC(C)OC(c4cnn(C5CC5)c4)C3)nc2nc1C. The van der Waals surface area contributed by atoms with Crippen LogP contribution in [-0.4, -0.2) is 48.9 Å². The molecule has 2 aliphatic rings. The lowest BCUT2D eigenvalue weighted by Crippen LogP contribution is -2.43. The first kappa shape index (κ1) is 16.6. The smallest absolute Gasteiger partial charge is 0.227 e. The summed E-state index contributed by atoms with van der Waals surface area (Å²) in [6.07, 6.45) is 8.30. The summed E-state index contributed by atoms with van der Waals surface area (Å²) in [4.78, 5) is 20.5. The van der Waals surface area contributed by atoms with Crippen LogP contribution in [0.15, 0.2) is 18.6 Å². The zero-order valence-corrected chi connectivity index (χ0v) is 15.8. The molecule has 8 nitrogen and oxygen atoms in total. The number of nitrogens with zero attached hydrogens (tertiary/aromatic N) is 7. The van der Waals surface area contributed by atoms with Gasteiger partial charge in [0, 0.05) is 18.3 Å². The minimum atomic E-state index is -0.0358. The van der Waals surface area contributed by atoms with Crippen LogP contribution in [-0.2, 0) is 4.74 Å². The topological polar surface area (TPSA) is 81.9 Å². The second-order valence-corrected chi connectivity index (χ2v) is 7.60. The van der Waals surface area contributed by atoms with Gasteiger partial charge in [0.1, 0.15) is 11.6 Å². The highest BCUT2D eigenvalue weighted by Gasteiger charge is 2.31. The van der Waals surface area contributed by atoms with Crippen LogP contribution in [0.4, 0.5) is 5.95 Å². The van der Waals surface area contributed by atoms with Crippen LogP contribution in [0.1, 0.15) is 48.9 Å². The summed E-state index contributed by atoms with van der Waals surface area (Å²) in [5, 5.41) is 4.50. The molecule has 140 valence electrons. The molecule has 2 fully saturated rings. The molecule has 1 aliphatic heterocycles. The summed E-state index contributed by atoms with van der Waals surface area (Å²) in [5.41, 5.74) is 4.29. The third-order valence-corrected chi connectivity index (χ3v) is 5.28. The third-order valence-electron chi connectivity index (χ3n) is 5.28. The Bertz CT molecular complexity index is 997. The summed E-state index contributed by atoms with van der Waals surface area (Å²) in [7, 11) is 0. The van der Waals surface area contributed by atoms with E-state index in [0.717, 1.165) is 29.0 Å². The number of morpholine rings is 1. The quantitative estimate of drug-likeness (QED) is 0.705. The van der Waals surface area contributed by atoms with Gasteiger partial charge in [0.2, 0.25) is 5.95 Å². The second kappa shape index (κ2) is 6.23. The number of ether oxygens (including phenoxy) is 1. The highest BCUT2D eigenvalue weighted by Crippen LogP contribution is 2.35. The van der Waals surface area contributed by atoms with E-state index in [9.17, 15) is 0 Å². The van der Waals surface area contributed by atoms with E-state index in [2.05, 4.69) is 47.7 Å². The molecule has 8 heteroatoms. The van der Waals surface area contributed by atoms with Gasteiger partial charge in [-0.2, -0.15) is 10.1 Å². The monoisotopic (exact) mass is 365 g/mol. The van der Waals surface area contributed by atoms with E-state index in [1.807, 2.05) is 20.0 Å². The Kier molecular flexibility index (Phi) is 3.82. The zero-order valence-electron chi connectivity index (χ0n) is 15.8. The van der Waals surface area contributed by atoms with Crippen molar-refractivity contribution in [1.29, 1.82) is 0 Å². The van der Waals surface area contributed by atoms with Gasteiger partial charge in [0.05, 0.1) is 42.5 Å². The van der Waals surface area contributed by atoms with Crippen LogP contribution < -0.4 is 4.90 Å². The minimum Gasteiger partial charge on any atom is -0.367 e. The summed E-state index contributed by atoms with van der Waals surface area (Å²) >= 11 is 0. The molecule has 0 radical (unpaired) electrons. The zero-order chi connectivity index (χ0) is 18.5. The van der Waals surface area contributed by atoms with Crippen molar-refractivity contribution < 1.29 is 4.74 Å². The number of hydrogen-bond donors (Lipinski definition) is 0. The average molecular weight is 365 g/mol. The number of hydrogen-bond acceptors (Lipinski definition) is 7. The van der Waals surface area contributed by atoms with E-state index >= 15 is 0 Å². The Labute approximate surface area is 157 Å². The molecule has 4 heterocycles. The van der Waals surface area contributed by atoms with Crippen LogP contribution in [0.5, 0.6) is 0 Å². The second-order valence-electron chi connectivity index (χ2n) is 7.60. The van der Waals surface area contributed by atoms with Crippen LogP contribution in [0, 0.1) is 13.8 Å². The lowest BCUT2D eigenvalue weighted by atomic mass is 10.1. The molecule has 1 aliphatic carbocycles. The molecule has 0 amide bonds. The molecule has 0 aromatic carbocycles. The third kappa shape index (κ3) is 3.14. The maximum atomic E-state index is 6.18. The Morgan fingerprint density at radius 1 is 1.04 bits per heavy atom. The molecule has 5 rings (SSSR count). The van der Waals surface area contributed by atoms with Gasteiger partial charge in [-0.3, -0.25) is 4.68 Å². The Balaban J connectivity index is 1.43. The fourth-order valence-electron chi connectivity index (χ4n) is 3.53. The molecule has 3 aromatic rings. The highest BCUT2D eigenvalue weighted by atomic mass is 16.5. The Morgan fingerprint density at radius 2 is 1.85 bits per heavy atom. The molecule has 0 bridgehead atoms. The lowest BCUT2D eigenvalue weighted by Gasteiger charge is -2.36. The van der Waals surface area contributed by atoms with Crippen molar-refractivity contribution >= 4 is 17.1 Å². The van der Waals surface area contributed by atoms with Crippen molar-refractivity contribution in [3.8, 4) is 0 Å². The van der Waals surface area contributed by atoms with Crippen LogP contribution >= 0.6 is 0 Å². The van der Waals surface area contributed by atoms with Crippen molar-refractivity contribution in [3.63, 3.8) is 0 Å². The minimum absolute atomic E-state index is 0.0358. The summed E-state index contributed by atoms with van der Waals surface area (Å²) in [6, 6.07) is 0.574. The molecular weight excluding hydrogens is 342 g/mol. The van der Waals surface area contributed by atoms with Crippen molar-refractivity contribution in [1.82, 2.24) is 29.7 Å². The molecule has 2 unspecified atom stereocenters. The predicted molar refractivity (Wildman–Crippen MR) is 101 cm³/mol. The first-order valence-corrected chi connectivity index (χ1v) is 9.49. The number of fused-ring (bicyclic) bond motifs is 1.